The Hall–Kier alpha value is -2.26. The lowest BCUT2D eigenvalue weighted by atomic mass is 9.94. The van der Waals surface area contributed by atoms with Gasteiger partial charge in [0.15, 0.2) is 0 Å². The van der Waals surface area contributed by atoms with Crippen LogP contribution in [0, 0.1) is 0 Å². The van der Waals surface area contributed by atoms with Crippen LogP contribution < -0.4 is 0 Å². The number of benzene rings is 1. The fraction of sp³-hybridized carbons (Fsp3) is 0.591. The van der Waals surface area contributed by atoms with Crippen LogP contribution >= 0.6 is 11.8 Å². The van der Waals surface area contributed by atoms with E-state index in [0.29, 0.717) is 32.8 Å². The predicted molar refractivity (Wildman–Crippen MR) is 116 cm³/mol. The van der Waals surface area contributed by atoms with E-state index in [1.54, 1.807) is 25.8 Å². The highest BCUT2D eigenvalue weighted by atomic mass is 32.2. The Kier molecular flexibility index (Phi) is 6.16. The Balaban J connectivity index is 1.47. The first-order chi connectivity index (χ1) is 14.9. The van der Waals surface area contributed by atoms with Crippen molar-refractivity contribution in [2.75, 3.05) is 46.4 Å². The van der Waals surface area contributed by atoms with Gasteiger partial charge in [0.2, 0.25) is 11.8 Å². The summed E-state index contributed by atoms with van der Waals surface area (Å²) in [6.45, 7) is 4.48. The summed E-state index contributed by atoms with van der Waals surface area (Å²) in [6.07, 6.45) is 1.16. The van der Waals surface area contributed by atoms with E-state index in [9.17, 15) is 14.4 Å². The molecule has 0 aliphatic carbocycles. The molecule has 1 aromatic rings. The molecular formula is C22H29N3O5S. The molecule has 0 radical (unpaired) electrons. The molecule has 0 bridgehead atoms. The summed E-state index contributed by atoms with van der Waals surface area (Å²) in [5.74, 6) is 0.00363. The summed E-state index contributed by atoms with van der Waals surface area (Å²) >= 11 is 1.74. The van der Waals surface area contributed by atoms with Crippen LogP contribution in [-0.4, -0.2) is 88.7 Å². The standard InChI is InChI=1S/C22H29N3O5S/c1-17(26)23-10-8-21(9-11-23)14-25-19(27)12-24(15-22(25,31-21)16-29-2)20(28)30-13-18-6-4-3-5-7-18/h3-7H,8-16H2,1-2H3. The van der Waals surface area contributed by atoms with E-state index < -0.39 is 11.0 Å². The van der Waals surface area contributed by atoms with Crippen LogP contribution in [0.25, 0.3) is 0 Å². The van der Waals surface area contributed by atoms with Crippen LogP contribution in [0.2, 0.25) is 0 Å². The zero-order valence-electron chi connectivity index (χ0n) is 18.0. The predicted octanol–water partition coefficient (Wildman–Crippen LogP) is 1.94. The van der Waals surface area contributed by atoms with Gasteiger partial charge in [-0.3, -0.25) is 14.5 Å². The third-order valence-corrected chi connectivity index (χ3v) is 8.18. The van der Waals surface area contributed by atoms with E-state index in [-0.39, 0.29) is 29.7 Å². The number of hydrogen-bond donors (Lipinski definition) is 0. The highest BCUT2D eigenvalue weighted by molar-refractivity contribution is 8.02. The molecule has 4 rings (SSSR count). The van der Waals surface area contributed by atoms with Gasteiger partial charge in [0.1, 0.15) is 18.0 Å². The number of amides is 3. The van der Waals surface area contributed by atoms with Gasteiger partial charge in [-0.1, -0.05) is 30.3 Å². The Labute approximate surface area is 186 Å². The van der Waals surface area contributed by atoms with E-state index in [4.69, 9.17) is 9.47 Å². The average Bonchev–Trinajstić information content (AvgIpc) is 3.07. The highest BCUT2D eigenvalue weighted by Gasteiger charge is 2.59. The lowest BCUT2D eigenvalue weighted by molar-refractivity contribution is -0.142. The molecule has 9 heteroatoms. The molecule has 0 saturated carbocycles. The zero-order valence-corrected chi connectivity index (χ0v) is 18.9. The number of methoxy groups -OCH3 is 1. The molecule has 3 saturated heterocycles. The minimum Gasteiger partial charge on any atom is -0.445 e. The lowest BCUT2D eigenvalue weighted by Gasteiger charge is -2.44. The maximum atomic E-state index is 13.1. The van der Waals surface area contributed by atoms with Gasteiger partial charge < -0.3 is 19.3 Å². The number of rotatable bonds is 4. The fourth-order valence-electron chi connectivity index (χ4n) is 4.77. The van der Waals surface area contributed by atoms with E-state index in [1.165, 1.54) is 4.90 Å². The molecular weight excluding hydrogens is 418 g/mol. The summed E-state index contributed by atoms with van der Waals surface area (Å²) < 4.78 is 10.9. The molecule has 1 unspecified atom stereocenters. The highest BCUT2D eigenvalue weighted by Crippen LogP contribution is 2.53. The van der Waals surface area contributed by atoms with E-state index in [1.807, 2.05) is 40.1 Å². The summed E-state index contributed by atoms with van der Waals surface area (Å²) in [7, 11) is 1.62. The van der Waals surface area contributed by atoms with Crippen molar-refractivity contribution < 1.29 is 23.9 Å². The van der Waals surface area contributed by atoms with Gasteiger partial charge in [0.25, 0.3) is 0 Å². The van der Waals surface area contributed by atoms with Crippen LogP contribution in [0.4, 0.5) is 4.79 Å². The second-order valence-electron chi connectivity index (χ2n) is 8.55. The molecule has 8 nitrogen and oxygen atoms in total. The number of likely N-dealkylation sites (tertiary alicyclic amines) is 1. The first kappa shape index (κ1) is 22.0. The Morgan fingerprint density at radius 2 is 1.81 bits per heavy atom. The first-order valence-electron chi connectivity index (χ1n) is 10.6. The molecule has 1 atom stereocenters. The number of fused-ring (bicyclic) bond motifs is 1. The summed E-state index contributed by atoms with van der Waals surface area (Å²) in [4.78, 5) is 42.2. The quantitative estimate of drug-likeness (QED) is 0.702. The number of piperazine rings is 1. The van der Waals surface area contributed by atoms with Crippen LogP contribution in [0.5, 0.6) is 0 Å². The monoisotopic (exact) mass is 447 g/mol. The van der Waals surface area contributed by atoms with Crippen molar-refractivity contribution >= 4 is 29.7 Å². The second-order valence-corrected chi connectivity index (χ2v) is 10.4. The fourth-order valence-corrected chi connectivity index (χ4v) is 6.83. The molecule has 3 amide bonds. The topological polar surface area (TPSA) is 79.4 Å². The molecule has 1 aromatic carbocycles. The molecule has 3 fully saturated rings. The second kappa shape index (κ2) is 8.70. The number of thioether (sulfide) groups is 1. The van der Waals surface area contributed by atoms with Crippen molar-refractivity contribution in [1.29, 1.82) is 0 Å². The normalized spacial score (nSPS) is 25.0. The average molecular weight is 448 g/mol. The molecule has 3 aliphatic heterocycles. The van der Waals surface area contributed by atoms with Gasteiger partial charge >= 0.3 is 6.09 Å². The lowest BCUT2D eigenvalue weighted by Crippen LogP contribution is -2.63. The number of nitrogens with zero attached hydrogens (tertiary/aromatic N) is 3. The van der Waals surface area contributed by atoms with Gasteiger partial charge in [-0.15, -0.1) is 11.8 Å². The Morgan fingerprint density at radius 3 is 2.45 bits per heavy atom. The summed E-state index contributed by atoms with van der Waals surface area (Å²) in [5.41, 5.74) is 0.902. The van der Waals surface area contributed by atoms with Crippen molar-refractivity contribution in [2.45, 2.75) is 36.0 Å². The largest absolute Gasteiger partial charge is 0.445 e. The maximum absolute atomic E-state index is 13.1. The van der Waals surface area contributed by atoms with Gasteiger partial charge in [-0.05, 0) is 18.4 Å². The van der Waals surface area contributed by atoms with Crippen LogP contribution in [-0.2, 0) is 25.7 Å². The van der Waals surface area contributed by atoms with Gasteiger partial charge in [0.05, 0.1) is 13.2 Å². The van der Waals surface area contributed by atoms with Gasteiger partial charge in [-0.25, -0.2) is 4.79 Å². The molecule has 3 heterocycles. The van der Waals surface area contributed by atoms with Crippen molar-refractivity contribution in [2.24, 2.45) is 0 Å². The molecule has 1 spiro atoms. The smallest absolute Gasteiger partial charge is 0.410 e. The number of carbonyl (C=O) groups is 3. The van der Waals surface area contributed by atoms with Crippen LogP contribution in [0.3, 0.4) is 0 Å². The number of carbonyl (C=O) groups excluding carboxylic acids is 3. The van der Waals surface area contributed by atoms with Gasteiger partial charge in [-0.2, -0.15) is 0 Å². The van der Waals surface area contributed by atoms with E-state index >= 15 is 0 Å². The van der Waals surface area contributed by atoms with Crippen LogP contribution in [0.15, 0.2) is 30.3 Å². The SMILES string of the molecule is COCC12CN(C(=O)OCc3ccccc3)CC(=O)N1CC1(CCN(C(C)=O)CC1)S2. The van der Waals surface area contributed by atoms with Crippen LogP contribution in [0.1, 0.15) is 25.3 Å². The number of hydrogen-bond acceptors (Lipinski definition) is 6. The zero-order chi connectivity index (χ0) is 22.1. The van der Waals surface area contributed by atoms with Crippen molar-refractivity contribution in [3.63, 3.8) is 0 Å². The van der Waals surface area contributed by atoms with Crippen molar-refractivity contribution in [3.05, 3.63) is 35.9 Å². The number of piperidine rings is 1. The summed E-state index contributed by atoms with van der Waals surface area (Å²) in [5, 5.41) is 0. The molecule has 0 N–H and O–H groups in total. The maximum Gasteiger partial charge on any atom is 0.410 e. The number of ether oxygens (including phenoxy) is 2. The van der Waals surface area contributed by atoms with E-state index in [2.05, 4.69) is 0 Å². The van der Waals surface area contributed by atoms with Crippen molar-refractivity contribution in [1.82, 2.24) is 14.7 Å². The summed E-state index contributed by atoms with van der Waals surface area (Å²) in [6, 6.07) is 9.49. The molecule has 31 heavy (non-hydrogen) atoms. The first-order valence-corrected chi connectivity index (χ1v) is 11.4. The van der Waals surface area contributed by atoms with Gasteiger partial charge in [0, 0.05) is 38.4 Å². The van der Waals surface area contributed by atoms with E-state index in [0.717, 1.165) is 18.4 Å². The Bertz CT molecular complexity index is 843. The molecule has 0 aromatic heterocycles. The third-order valence-electron chi connectivity index (χ3n) is 6.36. The molecule has 168 valence electrons. The Morgan fingerprint density at radius 1 is 1.10 bits per heavy atom. The minimum absolute atomic E-state index is 0.00922. The third kappa shape index (κ3) is 4.39. The minimum atomic E-state index is -0.631. The molecule has 3 aliphatic rings. The van der Waals surface area contributed by atoms with Crippen molar-refractivity contribution in [3.8, 4) is 0 Å².